The molecule has 1 aliphatic heterocycles. The van der Waals surface area contributed by atoms with Gasteiger partial charge in [0.05, 0.1) is 18.1 Å². The van der Waals surface area contributed by atoms with E-state index in [1.165, 1.54) is 0 Å². The Kier molecular flexibility index (Phi) is 2.86. The lowest BCUT2D eigenvalue weighted by molar-refractivity contribution is -0.126. The van der Waals surface area contributed by atoms with Crippen LogP contribution in [0.25, 0.3) is 0 Å². The number of nitrogens with zero attached hydrogens (tertiary/aromatic N) is 1. The van der Waals surface area contributed by atoms with Crippen molar-refractivity contribution in [1.29, 1.82) is 0 Å². The number of para-hydroxylation sites is 1. The summed E-state index contributed by atoms with van der Waals surface area (Å²) in [7, 11) is 0. The van der Waals surface area contributed by atoms with Crippen molar-refractivity contribution in [2.24, 2.45) is 5.41 Å². The van der Waals surface area contributed by atoms with Gasteiger partial charge in [0.2, 0.25) is 5.91 Å². The van der Waals surface area contributed by atoms with Crippen LogP contribution in [0.2, 0.25) is 0 Å². The maximum absolute atomic E-state index is 12.6. The Morgan fingerprint density at radius 1 is 1.22 bits per heavy atom. The molecule has 3 rings (SSSR count). The highest BCUT2D eigenvalue weighted by Crippen LogP contribution is 2.44. The Morgan fingerprint density at radius 3 is 2.67 bits per heavy atom. The number of benzene rings is 1. The molecule has 18 heavy (non-hydrogen) atoms. The van der Waals surface area contributed by atoms with E-state index in [-0.39, 0.29) is 5.91 Å². The Hall–Kier alpha value is -1.35. The summed E-state index contributed by atoms with van der Waals surface area (Å²) in [6, 6.07) is 9.50. The number of anilines is 1. The summed E-state index contributed by atoms with van der Waals surface area (Å²) in [5.74, 6) is -0.0122. The van der Waals surface area contributed by atoms with E-state index in [1.807, 2.05) is 56.0 Å². The fourth-order valence-corrected chi connectivity index (χ4v) is 2.69. The molecular formula is C15H15NO2. The number of carbonyl (C=O) groups excluding carboxylic acids is 1. The highest BCUT2D eigenvalue weighted by atomic mass is 16.3. The largest absolute Gasteiger partial charge is 0.390 e. The van der Waals surface area contributed by atoms with Crippen molar-refractivity contribution in [3.8, 4) is 0 Å². The zero-order valence-corrected chi connectivity index (χ0v) is 9.99. The molecule has 0 aromatic heterocycles. The maximum atomic E-state index is 12.6. The summed E-state index contributed by atoms with van der Waals surface area (Å²) in [4.78, 5) is 14.2. The van der Waals surface area contributed by atoms with Crippen LogP contribution in [-0.2, 0) is 4.79 Å². The predicted molar refractivity (Wildman–Crippen MR) is 69.1 cm³/mol. The molecule has 1 saturated heterocycles. The number of aliphatic hydroxyl groups excluding tert-OH is 1. The first kappa shape index (κ1) is 11.7. The minimum atomic E-state index is -0.759. The smallest absolute Gasteiger partial charge is 0.236 e. The van der Waals surface area contributed by atoms with Gasteiger partial charge in [0.1, 0.15) is 0 Å². The zero-order chi connectivity index (χ0) is 12.6. The Morgan fingerprint density at radius 2 is 2.00 bits per heavy atom. The molecule has 1 aromatic carbocycles. The van der Waals surface area contributed by atoms with Crippen molar-refractivity contribution in [1.82, 2.24) is 0 Å². The van der Waals surface area contributed by atoms with Gasteiger partial charge in [-0.3, -0.25) is 4.79 Å². The first-order chi connectivity index (χ1) is 8.74. The second-order valence-electron chi connectivity index (χ2n) is 4.80. The second-order valence-corrected chi connectivity index (χ2v) is 4.80. The molecule has 3 nitrogen and oxygen atoms in total. The van der Waals surface area contributed by atoms with Gasteiger partial charge < -0.3 is 10.0 Å². The third kappa shape index (κ3) is 1.65. The van der Waals surface area contributed by atoms with Gasteiger partial charge >= 0.3 is 0 Å². The number of hydrogen-bond acceptors (Lipinski definition) is 2. The van der Waals surface area contributed by atoms with Crippen LogP contribution in [0.4, 0.5) is 5.69 Å². The van der Waals surface area contributed by atoms with Crippen molar-refractivity contribution < 1.29 is 9.90 Å². The first-order valence-corrected chi connectivity index (χ1v) is 6.13. The molecule has 1 amide bonds. The number of carbonyl (C=O) groups is 1. The number of β-amino-alcohol motifs (C(OH)–C–C–N with tert-alkyl or cyclic N) is 1. The molecule has 2 fully saturated rings. The molecule has 1 aromatic rings. The molecular weight excluding hydrogens is 226 g/mol. The number of amides is 1. The summed E-state index contributed by atoms with van der Waals surface area (Å²) < 4.78 is 0. The van der Waals surface area contributed by atoms with E-state index in [9.17, 15) is 9.90 Å². The molecule has 1 spiro atoms. The summed E-state index contributed by atoms with van der Waals surface area (Å²) in [5, 5.41) is 10.3. The number of hydrogen-bond donors (Lipinski definition) is 1. The van der Waals surface area contributed by atoms with Crippen LogP contribution in [0, 0.1) is 31.1 Å². The summed E-state index contributed by atoms with van der Waals surface area (Å²) in [6.07, 6.45) is 7.47. The highest BCUT2D eigenvalue weighted by Gasteiger charge is 2.54. The summed E-state index contributed by atoms with van der Waals surface area (Å²) in [6.45, 7) is 0.362. The van der Waals surface area contributed by atoms with Crippen LogP contribution in [0.3, 0.4) is 0 Å². The summed E-state index contributed by atoms with van der Waals surface area (Å²) >= 11 is 0. The number of aliphatic hydroxyl groups is 1. The molecule has 2 aliphatic rings. The summed E-state index contributed by atoms with van der Waals surface area (Å²) in [5.41, 5.74) is 0.0892. The molecule has 0 bridgehead atoms. The van der Waals surface area contributed by atoms with E-state index < -0.39 is 11.5 Å². The minimum absolute atomic E-state index is 0.0122. The van der Waals surface area contributed by atoms with Crippen LogP contribution < -0.4 is 4.90 Å². The minimum Gasteiger partial charge on any atom is -0.390 e. The van der Waals surface area contributed by atoms with Crippen LogP contribution >= 0.6 is 0 Å². The van der Waals surface area contributed by atoms with Crippen LogP contribution in [0.1, 0.15) is 6.42 Å². The molecule has 0 unspecified atom stereocenters. The maximum Gasteiger partial charge on any atom is 0.236 e. The van der Waals surface area contributed by atoms with Gasteiger partial charge in [-0.25, -0.2) is 0 Å². The van der Waals surface area contributed by atoms with Crippen molar-refractivity contribution in [3.63, 3.8) is 0 Å². The van der Waals surface area contributed by atoms with Crippen LogP contribution in [-0.4, -0.2) is 23.7 Å². The molecule has 1 heterocycles. The van der Waals surface area contributed by atoms with Crippen molar-refractivity contribution in [3.05, 3.63) is 56.0 Å². The molecule has 1 saturated carbocycles. The average Bonchev–Trinajstić information content (AvgIpc) is 2.66. The van der Waals surface area contributed by atoms with E-state index in [2.05, 4.69) is 0 Å². The van der Waals surface area contributed by atoms with E-state index in [1.54, 1.807) is 4.90 Å². The Bertz CT molecular complexity index is 437. The Labute approximate surface area is 107 Å². The lowest BCUT2D eigenvalue weighted by atomic mass is 9.71. The van der Waals surface area contributed by atoms with E-state index >= 15 is 0 Å². The standard InChI is InChI=1S/C15H15NO2/c17-13-11-16(12-7-3-1-4-8-12)14(18)15(13)9-5-2-6-10-15/h1-9,13,17H,10-11H2/t13-,15-/m1/s1. The molecule has 2 atom stereocenters. The molecule has 92 valence electrons. The molecule has 1 N–H and O–H groups in total. The highest BCUT2D eigenvalue weighted by molar-refractivity contribution is 6.02. The van der Waals surface area contributed by atoms with Crippen LogP contribution in [0.5, 0.6) is 0 Å². The predicted octanol–water partition coefficient (Wildman–Crippen LogP) is 1.60. The fourth-order valence-electron chi connectivity index (χ4n) is 2.69. The van der Waals surface area contributed by atoms with E-state index in [0.29, 0.717) is 13.0 Å². The molecule has 4 radical (unpaired) electrons. The van der Waals surface area contributed by atoms with Crippen LogP contribution in [0.15, 0.2) is 30.3 Å². The Balaban J connectivity index is 1.91. The molecule has 1 aliphatic carbocycles. The topological polar surface area (TPSA) is 40.5 Å². The van der Waals surface area contributed by atoms with Crippen molar-refractivity contribution >= 4 is 11.6 Å². The average molecular weight is 241 g/mol. The van der Waals surface area contributed by atoms with Gasteiger partial charge in [-0.1, -0.05) is 18.2 Å². The third-order valence-corrected chi connectivity index (χ3v) is 3.76. The van der Waals surface area contributed by atoms with Gasteiger partial charge in [0.25, 0.3) is 0 Å². The normalized spacial score (nSPS) is 26.8. The van der Waals surface area contributed by atoms with Gasteiger partial charge in [-0.05, 0) is 44.2 Å². The quantitative estimate of drug-likeness (QED) is 0.811. The molecule has 3 heteroatoms. The monoisotopic (exact) mass is 241 g/mol. The van der Waals surface area contributed by atoms with Gasteiger partial charge in [0, 0.05) is 5.69 Å². The SMILES string of the molecule is O=C1N(c2ccccc2)C[C@@H](O)[C@]12[CH][CH][CH][CH]C2. The van der Waals surface area contributed by atoms with E-state index in [0.717, 1.165) is 5.69 Å². The zero-order valence-electron chi connectivity index (χ0n) is 9.99. The van der Waals surface area contributed by atoms with Gasteiger partial charge in [0.15, 0.2) is 0 Å². The van der Waals surface area contributed by atoms with Crippen molar-refractivity contribution in [2.45, 2.75) is 12.5 Å². The lowest BCUT2D eigenvalue weighted by Crippen LogP contribution is -2.41. The fraction of sp³-hybridized carbons (Fsp3) is 0.267. The van der Waals surface area contributed by atoms with Gasteiger partial charge in [-0.2, -0.15) is 0 Å². The number of rotatable bonds is 1. The lowest BCUT2D eigenvalue weighted by Gasteiger charge is -2.33. The second kappa shape index (κ2) is 4.39. The van der Waals surface area contributed by atoms with Crippen molar-refractivity contribution in [2.75, 3.05) is 11.4 Å². The third-order valence-electron chi connectivity index (χ3n) is 3.76. The van der Waals surface area contributed by atoms with Gasteiger partial charge in [-0.15, -0.1) is 0 Å². The first-order valence-electron chi connectivity index (χ1n) is 6.13. The van der Waals surface area contributed by atoms with E-state index in [4.69, 9.17) is 0 Å².